The van der Waals surface area contributed by atoms with Crippen LogP contribution in [0.25, 0.3) is 0 Å². The molecule has 1 aliphatic carbocycles. The molecule has 1 aromatic carbocycles. The molecule has 0 spiro atoms. The highest BCUT2D eigenvalue weighted by molar-refractivity contribution is 7.89. The summed E-state index contributed by atoms with van der Waals surface area (Å²) in [5.74, 6) is 0.468. The molecular formula is C19H31N3O3S. The Labute approximate surface area is 157 Å². The van der Waals surface area contributed by atoms with E-state index in [0.717, 1.165) is 6.42 Å². The molecule has 0 bridgehead atoms. The normalized spacial score (nSPS) is 22.2. The molecule has 0 heterocycles. The highest BCUT2D eigenvalue weighted by Crippen LogP contribution is 2.24. The highest BCUT2D eigenvalue weighted by atomic mass is 32.2. The summed E-state index contributed by atoms with van der Waals surface area (Å²) in [5, 5.41) is 6.28. The minimum Gasteiger partial charge on any atom is -0.325 e. The summed E-state index contributed by atoms with van der Waals surface area (Å²) in [4.78, 5) is 12.6. The maximum atomic E-state index is 12.4. The van der Waals surface area contributed by atoms with Crippen molar-refractivity contribution in [2.45, 2.75) is 76.4 Å². The van der Waals surface area contributed by atoms with Gasteiger partial charge < -0.3 is 10.6 Å². The molecule has 0 aliphatic heterocycles. The van der Waals surface area contributed by atoms with E-state index in [0.29, 0.717) is 17.6 Å². The fraction of sp³-hybridized carbons (Fsp3) is 0.632. The van der Waals surface area contributed by atoms with Gasteiger partial charge in [-0.1, -0.05) is 19.8 Å². The molecule has 0 unspecified atom stereocenters. The van der Waals surface area contributed by atoms with E-state index in [4.69, 9.17) is 0 Å². The van der Waals surface area contributed by atoms with Gasteiger partial charge in [0.1, 0.15) is 0 Å². The van der Waals surface area contributed by atoms with Crippen molar-refractivity contribution in [2.24, 2.45) is 5.92 Å². The summed E-state index contributed by atoms with van der Waals surface area (Å²) in [6.45, 7) is 7.63. The number of hydrogen-bond acceptors (Lipinski definition) is 4. The summed E-state index contributed by atoms with van der Waals surface area (Å²) in [6, 6.07) is 6.13. The third kappa shape index (κ3) is 5.79. The fourth-order valence-corrected chi connectivity index (χ4v) is 4.56. The van der Waals surface area contributed by atoms with Gasteiger partial charge in [0, 0.05) is 17.8 Å². The Balaban J connectivity index is 1.94. The first-order valence-corrected chi connectivity index (χ1v) is 10.9. The van der Waals surface area contributed by atoms with Gasteiger partial charge in [0.2, 0.25) is 15.9 Å². The van der Waals surface area contributed by atoms with Crippen molar-refractivity contribution in [3.05, 3.63) is 24.3 Å². The molecule has 146 valence electrons. The second-order valence-electron chi connectivity index (χ2n) is 7.55. The number of hydrogen-bond donors (Lipinski definition) is 3. The zero-order chi connectivity index (χ0) is 19.3. The average Bonchev–Trinajstić information content (AvgIpc) is 2.56. The van der Waals surface area contributed by atoms with Gasteiger partial charge in [0.15, 0.2) is 0 Å². The number of anilines is 1. The van der Waals surface area contributed by atoms with Gasteiger partial charge in [0.25, 0.3) is 0 Å². The first kappa shape index (κ1) is 20.9. The molecule has 6 nitrogen and oxygen atoms in total. The van der Waals surface area contributed by atoms with Crippen LogP contribution in [-0.4, -0.2) is 32.5 Å². The van der Waals surface area contributed by atoms with Crippen molar-refractivity contribution in [2.75, 3.05) is 5.32 Å². The number of carbonyl (C=O) groups excluding carboxylic acids is 1. The Hall–Kier alpha value is -1.44. The molecule has 1 fully saturated rings. The van der Waals surface area contributed by atoms with Gasteiger partial charge in [-0.15, -0.1) is 0 Å². The van der Waals surface area contributed by atoms with Crippen molar-refractivity contribution in [1.29, 1.82) is 0 Å². The number of sulfonamides is 1. The Morgan fingerprint density at radius 1 is 1.08 bits per heavy atom. The molecule has 3 N–H and O–H groups in total. The molecule has 1 saturated carbocycles. The van der Waals surface area contributed by atoms with Crippen molar-refractivity contribution in [3.8, 4) is 0 Å². The summed E-state index contributed by atoms with van der Waals surface area (Å²) in [7, 11) is -3.52. The van der Waals surface area contributed by atoms with Crippen molar-refractivity contribution in [1.82, 2.24) is 10.0 Å². The lowest BCUT2D eigenvalue weighted by atomic mass is 9.85. The van der Waals surface area contributed by atoms with Crippen LogP contribution in [0.15, 0.2) is 29.2 Å². The van der Waals surface area contributed by atoms with Crippen LogP contribution in [0.2, 0.25) is 0 Å². The van der Waals surface area contributed by atoms with E-state index in [1.54, 1.807) is 26.0 Å². The molecule has 7 heteroatoms. The number of carbonyl (C=O) groups is 1. The molecule has 0 saturated heterocycles. The molecule has 3 atom stereocenters. The van der Waals surface area contributed by atoms with Gasteiger partial charge in [-0.3, -0.25) is 4.79 Å². The van der Waals surface area contributed by atoms with E-state index in [2.05, 4.69) is 22.3 Å². The van der Waals surface area contributed by atoms with Crippen molar-refractivity contribution in [3.63, 3.8) is 0 Å². The van der Waals surface area contributed by atoms with E-state index in [-0.39, 0.29) is 22.9 Å². The maximum Gasteiger partial charge on any atom is 0.241 e. The van der Waals surface area contributed by atoms with Gasteiger partial charge >= 0.3 is 0 Å². The Bertz CT molecular complexity index is 701. The lowest BCUT2D eigenvalue weighted by Gasteiger charge is -2.31. The quantitative estimate of drug-likeness (QED) is 0.678. The largest absolute Gasteiger partial charge is 0.325 e. The van der Waals surface area contributed by atoms with E-state index < -0.39 is 10.0 Å². The van der Waals surface area contributed by atoms with Crippen LogP contribution < -0.4 is 15.4 Å². The van der Waals surface area contributed by atoms with Crippen LogP contribution in [-0.2, 0) is 14.8 Å². The van der Waals surface area contributed by atoms with Crippen LogP contribution >= 0.6 is 0 Å². The molecule has 1 aliphatic rings. The predicted octanol–water partition coefficient (Wildman–Crippen LogP) is 2.87. The van der Waals surface area contributed by atoms with Gasteiger partial charge in [0.05, 0.1) is 10.9 Å². The highest BCUT2D eigenvalue weighted by Gasteiger charge is 2.25. The number of nitrogens with one attached hydrogen (secondary N) is 3. The number of amides is 1. The molecule has 1 amide bonds. The zero-order valence-electron chi connectivity index (χ0n) is 16.1. The van der Waals surface area contributed by atoms with Crippen molar-refractivity contribution >= 4 is 21.6 Å². The molecule has 0 radical (unpaired) electrons. The van der Waals surface area contributed by atoms with Crippen LogP contribution in [0.3, 0.4) is 0 Å². The summed E-state index contributed by atoms with van der Waals surface area (Å²) >= 11 is 0. The third-order valence-corrected chi connectivity index (χ3v) is 6.47. The van der Waals surface area contributed by atoms with Gasteiger partial charge in [-0.05, 0) is 63.8 Å². The third-order valence-electron chi connectivity index (χ3n) is 4.79. The van der Waals surface area contributed by atoms with Crippen LogP contribution in [0.5, 0.6) is 0 Å². The van der Waals surface area contributed by atoms with Gasteiger partial charge in [-0.25, -0.2) is 13.1 Å². The summed E-state index contributed by atoms with van der Waals surface area (Å²) in [5.41, 5.74) is 0.587. The molecular weight excluding hydrogens is 350 g/mol. The number of benzene rings is 1. The topological polar surface area (TPSA) is 87.3 Å². The fourth-order valence-electron chi connectivity index (χ4n) is 3.31. The van der Waals surface area contributed by atoms with Crippen LogP contribution in [0.4, 0.5) is 5.69 Å². The van der Waals surface area contributed by atoms with Crippen LogP contribution in [0, 0.1) is 5.92 Å². The first-order valence-electron chi connectivity index (χ1n) is 9.38. The van der Waals surface area contributed by atoms with Crippen LogP contribution in [0.1, 0.15) is 53.4 Å². The van der Waals surface area contributed by atoms with E-state index >= 15 is 0 Å². The second-order valence-corrected chi connectivity index (χ2v) is 9.26. The second kappa shape index (κ2) is 8.97. The Kier molecular flexibility index (Phi) is 7.20. The molecule has 2 rings (SSSR count). The zero-order valence-corrected chi connectivity index (χ0v) is 16.9. The molecule has 26 heavy (non-hydrogen) atoms. The van der Waals surface area contributed by atoms with E-state index in [1.165, 1.54) is 31.4 Å². The monoisotopic (exact) mass is 381 g/mol. The first-order chi connectivity index (χ1) is 12.2. The average molecular weight is 382 g/mol. The van der Waals surface area contributed by atoms with E-state index in [9.17, 15) is 13.2 Å². The minimum atomic E-state index is -3.52. The van der Waals surface area contributed by atoms with E-state index in [1.807, 2.05) is 6.92 Å². The minimum absolute atomic E-state index is 0.112. The predicted molar refractivity (Wildman–Crippen MR) is 105 cm³/mol. The lowest BCUT2D eigenvalue weighted by Crippen LogP contribution is -2.47. The lowest BCUT2D eigenvalue weighted by molar-refractivity contribution is -0.118. The van der Waals surface area contributed by atoms with Gasteiger partial charge in [-0.2, -0.15) is 0 Å². The smallest absolute Gasteiger partial charge is 0.241 e. The number of rotatable bonds is 7. The SMILES string of the molecule is CC(C)NS(=O)(=O)c1ccc(NC(=O)[C@H](C)N[C@H]2CCCC[C@H]2C)cc1. The maximum absolute atomic E-state index is 12.4. The summed E-state index contributed by atoms with van der Waals surface area (Å²) < 4.78 is 26.8. The Morgan fingerprint density at radius 3 is 2.27 bits per heavy atom. The Morgan fingerprint density at radius 2 is 1.69 bits per heavy atom. The molecule has 1 aromatic rings. The van der Waals surface area contributed by atoms with Crippen molar-refractivity contribution < 1.29 is 13.2 Å². The molecule has 0 aromatic heterocycles. The standard InChI is InChI=1S/C19H31N3O3S/c1-13(2)22-26(24,25)17-11-9-16(10-12-17)21-19(23)15(4)20-18-8-6-5-7-14(18)3/h9-15,18,20,22H,5-8H2,1-4H3,(H,21,23)/t14-,15+,18+/m1/s1. The summed E-state index contributed by atoms with van der Waals surface area (Å²) in [6.07, 6.45) is 4.78.